The van der Waals surface area contributed by atoms with Crippen molar-refractivity contribution < 1.29 is 9.90 Å². The predicted octanol–water partition coefficient (Wildman–Crippen LogP) is 2.61. The quantitative estimate of drug-likeness (QED) is 0.820. The first-order chi connectivity index (χ1) is 8.01. The number of likely N-dealkylation sites (tertiary alicyclic amines) is 1. The van der Waals surface area contributed by atoms with E-state index in [4.69, 9.17) is 0 Å². The summed E-state index contributed by atoms with van der Waals surface area (Å²) in [6, 6.07) is 0. The molecule has 1 aliphatic heterocycles. The summed E-state index contributed by atoms with van der Waals surface area (Å²) < 4.78 is 0. The first-order valence-corrected chi connectivity index (χ1v) is 6.99. The molecule has 0 aromatic carbocycles. The SMILES string of the molecule is CCC(C)(CC)N1C[C@H]2CC[C@@H](C1)C2C(=O)O. The van der Waals surface area contributed by atoms with Crippen LogP contribution in [0.5, 0.6) is 0 Å². The van der Waals surface area contributed by atoms with Crippen molar-refractivity contribution in [3.63, 3.8) is 0 Å². The summed E-state index contributed by atoms with van der Waals surface area (Å²) in [6.07, 6.45) is 4.53. The minimum Gasteiger partial charge on any atom is -0.481 e. The zero-order valence-electron chi connectivity index (χ0n) is 11.3. The number of carboxylic acids is 1. The zero-order chi connectivity index (χ0) is 12.6. The molecule has 98 valence electrons. The van der Waals surface area contributed by atoms with Gasteiger partial charge in [-0.1, -0.05) is 13.8 Å². The first-order valence-electron chi connectivity index (χ1n) is 6.99. The molecule has 0 radical (unpaired) electrons. The van der Waals surface area contributed by atoms with Gasteiger partial charge in [-0.3, -0.25) is 9.69 Å². The summed E-state index contributed by atoms with van der Waals surface area (Å²) >= 11 is 0. The molecule has 0 aromatic rings. The lowest BCUT2D eigenvalue weighted by Gasteiger charge is -2.46. The van der Waals surface area contributed by atoms with E-state index in [9.17, 15) is 9.90 Å². The van der Waals surface area contributed by atoms with Crippen molar-refractivity contribution in [1.29, 1.82) is 0 Å². The molecule has 2 rings (SSSR count). The van der Waals surface area contributed by atoms with E-state index in [1.54, 1.807) is 0 Å². The molecule has 2 bridgehead atoms. The fourth-order valence-corrected chi connectivity index (χ4v) is 3.76. The Hall–Kier alpha value is -0.570. The average Bonchev–Trinajstić information content (AvgIpc) is 2.59. The molecule has 3 heteroatoms. The Balaban J connectivity index is 2.12. The monoisotopic (exact) mass is 239 g/mol. The summed E-state index contributed by atoms with van der Waals surface area (Å²) in [5.41, 5.74) is 0.268. The second-order valence-electron chi connectivity index (χ2n) is 6.07. The highest BCUT2D eigenvalue weighted by Crippen LogP contribution is 2.44. The lowest BCUT2D eigenvalue weighted by atomic mass is 9.81. The third-order valence-electron chi connectivity index (χ3n) is 5.41. The standard InChI is InChI=1S/C14H25NO2/c1-4-14(3,5-2)15-8-10-6-7-11(9-15)12(10)13(16)17/h10-12H,4-9H2,1-3H3,(H,16,17)/t10-,11+,12?. The molecular weight excluding hydrogens is 214 g/mol. The molecule has 1 saturated carbocycles. The lowest BCUT2D eigenvalue weighted by molar-refractivity contribution is -0.147. The topological polar surface area (TPSA) is 40.5 Å². The van der Waals surface area contributed by atoms with Crippen molar-refractivity contribution in [2.45, 2.75) is 52.0 Å². The number of carboxylic acid groups (broad SMARTS) is 1. The molecule has 17 heavy (non-hydrogen) atoms. The van der Waals surface area contributed by atoms with E-state index in [1.807, 2.05) is 0 Å². The molecule has 3 atom stereocenters. The Labute approximate surface area is 104 Å². The minimum absolute atomic E-state index is 0.0655. The van der Waals surface area contributed by atoms with E-state index in [0.29, 0.717) is 11.8 Å². The van der Waals surface area contributed by atoms with Crippen molar-refractivity contribution >= 4 is 5.97 Å². The number of aliphatic carboxylic acids is 1. The van der Waals surface area contributed by atoms with Gasteiger partial charge in [-0.05, 0) is 44.4 Å². The Morgan fingerprint density at radius 2 is 1.71 bits per heavy atom. The maximum Gasteiger partial charge on any atom is 0.307 e. The number of nitrogens with zero attached hydrogens (tertiary/aromatic N) is 1. The molecule has 1 saturated heterocycles. The highest BCUT2D eigenvalue weighted by atomic mass is 16.4. The number of hydrogen-bond donors (Lipinski definition) is 1. The van der Waals surface area contributed by atoms with Crippen molar-refractivity contribution in [2.75, 3.05) is 13.1 Å². The maximum absolute atomic E-state index is 11.3. The molecule has 1 unspecified atom stereocenters. The predicted molar refractivity (Wildman–Crippen MR) is 67.9 cm³/mol. The van der Waals surface area contributed by atoms with E-state index < -0.39 is 5.97 Å². The van der Waals surface area contributed by atoms with E-state index in [-0.39, 0.29) is 11.5 Å². The highest BCUT2D eigenvalue weighted by Gasteiger charge is 2.48. The fraction of sp³-hybridized carbons (Fsp3) is 0.929. The number of carbonyl (C=O) groups is 1. The van der Waals surface area contributed by atoms with Gasteiger partial charge in [0.1, 0.15) is 0 Å². The highest BCUT2D eigenvalue weighted by molar-refractivity contribution is 5.71. The summed E-state index contributed by atoms with van der Waals surface area (Å²) in [5.74, 6) is 0.156. The Bertz CT molecular complexity index is 285. The van der Waals surface area contributed by atoms with Crippen LogP contribution in [0.2, 0.25) is 0 Å². The van der Waals surface area contributed by atoms with Gasteiger partial charge in [0.2, 0.25) is 0 Å². The van der Waals surface area contributed by atoms with Crippen LogP contribution >= 0.6 is 0 Å². The van der Waals surface area contributed by atoms with Crippen molar-refractivity contribution in [2.24, 2.45) is 17.8 Å². The molecule has 0 aromatic heterocycles. The van der Waals surface area contributed by atoms with Crippen molar-refractivity contribution in [1.82, 2.24) is 4.90 Å². The summed E-state index contributed by atoms with van der Waals surface area (Å²) in [5, 5.41) is 9.30. The normalized spacial score (nSPS) is 33.9. The molecule has 1 aliphatic carbocycles. The van der Waals surface area contributed by atoms with E-state index in [0.717, 1.165) is 38.8 Å². The van der Waals surface area contributed by atoms with Gasteiger partial charge in [0.15, 0.2) is 0 Å². The molecule has 1 heterocycles. The molecule has 3 nitrogen and oxygen atoms in total. The second-order valence-corrected chi connectivity index (χ2v) is 6.07. The average molecular weight is 239 g/mol. The van der Waals surface area contributed by atoms with Crippen molar-refractivity contribution in [3.8, 4) is 0 Å². The van der Waals surface area contributed by atoms with Crippen LogP contribution in [0.4, 0.5) is 0 Å². The van der Waals surface area contributed by atoms with E-state index in [2.05, 4.69) is 25.7 Å². The minimum atomic E-state index is -0.563. The van der Waals surface area contributed by atoms with Gasteiger partial charge >= 0.3 is 5.97 Å². The van der Waals surface area contributed by atoms with Crippen LogP contribution in [0.25, 0.3) is 0 Å². The lowest BCUT2D eigenvalue weighted by Crippen LogP contribution is -2.54. The Morgan fingerprint density at radius 1 is 1.24 bits per heavy atom. The molecule has 1 N–H and O–H groups in total. The maximum atomic E-state index is 11.3. The second kappa shape index (κ2) is 4.60. The van der Waals surface area contributed by atoms with Gasteiger partial charge in [0.05, 0.1) is 5.92 Å². The smallest absolute Gasteiger partial charge is 0.307 e. The van der Waals surface area contributed by atoms with Crippen LogP contribution in [0.3, 0.4) is 0 Å². The van der Waals surface area contributed by atoms with Crippen LogP contribution in [0, 0.1) is 17.8 Å². The van der Waals surface area contributed by atoms with Crippen molar-refractivity contribution in [3.05, 3.63) is 0 Å². The van der Waals surface area contributed by atoms with Gasteiger partial charge in [0, 0.05) is 18.6 Å². The molecule has 2 aliphatic rings. The van der Waals surface area contributed by atoms with E-state index in [1.165, 1.54) is 0 Å². The molecule has 0 spiro atoms. The number of rotatable bonds is 4. The first kappa shape index (κ1) is 12.9. The van der Waals surface area contributed by atoms with Crippen LogP contribution in [0.15, 0.2) is 0 Å². The summed E-state index contributed by atoms with van der Waals surface area (Å²) in [4.78, 5) is 13.9. The number of piperidine rings is 1. The Morgan fingerprint density at radius 3 is 2.06 bits per heavy atom. The number of hydrogen-bond acceptors (Lipinski definition) is 2. The number of fused-ring (bicyclic) bond motifs is 2. The van der Waals surface area contributed by atoms with E-state index >= 15 is 0 Å². The molecule has 2 fully saturated rings. The zero-order valence-corrected chi connectivity index (χ0v) is 11.3. The third-order valence-corrected chi connectivity index (χ3v) is 5.41. The van der Waals surface area contributed by atoms with Gasteiger partial charge in [-0.2, -0.15) is 0 Å². The third kappa shape index (κ3) is 2.10. The van der Waals surface area contributed by atoms with Gasteiger partial charge in [-0.25, -0.2) is 0 Å². The summed E-state index contributed by atoms with van der Waals surface area (Å²) in [6.45, 7) is 8.80. The largest absolute Gasteiger partial charge is 0.481 e. The molecule has 0 amide bonds. The summed E-state index contributed by atoms with van der Waals surface area (Å²) in [7, 11) is 0. The van der Waals surface area contributed by atoms with Crippen LogP contribution < -0.4 is 0 Å². The van der Waals surface area contributed by atoms with Crippen LogP contribution in [-0.4, -0.2) is 34.6 Å². The van der Waals surface area contributed by atoms with Gasteiger partial charge < -0.3 is 5.11 Å². The van der Waals surface area contributed by atoms with Gasteiger partial charge in [-0.15, -0.1) is 0 Å². The fourth-order valence-electron chi connectivity index (χ4n) is 3.76. The van der Waals surface area contributed by atoms with Crippen LogP contribution in [0.1, 0.15) is 46.5 Å². The molecular formula is C14H25NO2. The van der Waals surface area contributed by atoms with Crippen LogP contribution in [-0.2, 0) is 4.79 Å². The Kier molecular flexibility index (Phi) is 3.48. The van der Waals surface area contributed by atoms with Gasteiger partial charge in [0.25, 0.3) is 0 Å².